The zero-order valence-electron chi connectivity index (χ0n) is 10.0. The zero-order chi connectivity index (χ0) is 13.2. The summed E-state index contributed by atoms with van der Waals surface area (Å²) in [6.07, 6.45) is 1.01. The van der Waals surface area contributed by atoms with Crippen LogP contribution in [0.15, 0.2) is 18.3 Å². The highest BCUT2D eigenvalue weighted by Crippen LogP contribution is 2.33. The lowest BCUT2D eigenvalue weighted by Gasteiger charge is -2.33. The van der Waals surface area contributed by atoms with E-state index in [1.807, 2.05) is 0 Å². The Morgan fingerprint density at radius 1 is 1.41 bits per heavy atom. The molecule has 0 radical (unpaired) electrons. The molecule has 17 heavy (non-hydrogen) atoms. The number of pyridine rings is 1. The Balaban J connectivity index is 3.13. The highest BCUT2D eigenvalue weighted by atomic mass is 19.1. The summed E-state index contributed by atoms with van der Waals surface area (Å²) >= 11 is 0. The van der Waals surface area contributed by atoms with Crippen LogP contribution in [-0.4, -0.2) is 26.8 Å². The van der Waals surface area contributed by atoms with Gasteiger partial charge in [0.15, 0.2) is 5.60 Å². The maximum absolute atomic E-state index is 12.7. The van der Waals surface area contributed by atoms with Gasteiger partial charge in [-0.3, -0.25) is 4.98 Å². The summed E-state index contributed by atoms with van der Waals surface area (Å²) in [6, 6.07) is 2.58. The van der Waals surface area contributed by atoms with Crippen LogP contribution in [0, 0.1) is 11.7 Å². The van der Waals surface area contributed by atoms with Crippen LogP contribution in [0.2, 0.25) is 0 Å². The van der Waals surface area contributed by atoms with Crippen LogP contribution in [0.4, 0.5) is 4.39 Å². The largest absolute Gasteiger partial charge is 0.479 e. The Labute approximate surface area is 99.1 Å². The van der Waals surface area contributed by atoms with E-state index in [1.54, 1.807) is 20.8 Å². The Bertz CT molecular complexity index is 405. The normalized spacial score (nSPS) is 16.6. The third-order valence-corrected chi connectivity index (χ3v) is 3.08. The van der Waals surface area contributed by atoms with Gasteiger partial charge in [-0.1, -0.05) is 20.8 Å². The molecule has 0 saturated carbocycles. The molecule has 5 heteroatoms. The molecule has 94 valence electrons. The number of hydrogen-bond donors (Lipinski definition) is 2. The lowest BCUT2D eigenvalue weighted by Crippen LogP contribution is -2.48. The second kappa shape index (κ2) is 4.79. The molecule has 0 amide bonds. The first-order valence-corrected chi connectivity index (χ1v) is 5.37. The summed E-state index contributed by atoms with van der Waals surface area (Å²) in [4.78, 5) is 15.0. The lowest BCUT2D eigenvalue weighted by molar-refractivity contribution is -0.166. The molecule has 2 N–H and O–H groups in total. The Kier molecular flexibility index (Phi) is 3.83. The number of rotatable bonds is 4. The quantitative estimate of drug-likeness (QED) is 0.843. The minimum absolute atomic E-state index is 0.352. The molecule has 1 aromatic rings. The summed E-state index contributed by atoms with van der Waals surface area (Å²) < 4.78 is 12.7. The summed E-state index contributed by atoms with van der Waals surface area (Å²) in [5.41, 5.74) is -1.56. The number of carbonyl (C=O) groups is 1. The van der Waals surface area contributed by atoms with Crippen molar-refractivity contribution in [3.05, 3.63) is 29.8 Å². The summed E-state index contributed by atoms with van der Waals surface area (Å²) in [7, 11) is 0. The number of carboxylic acids is 1. The second-order valence-electron chi connectivity index (χ2n) is 4.41. The van der Waals surface area contributed by atoms with E-state index >= 15 is 0 Å². The predicted molar refractivity (Wildman–Crippen MR) is 60.0 cm³/mol. The minimum atomic E-state index is -1.91. The van der Waals surface area contributed by atoms with Crippen molar-refractivity contribution in [2.24, 2.45) is 5.92 Å². The van der Waals surface area contributed by atoms with Crippen LogP contribution in [0.1, 0.15) is 32.4 Å². The third kappa shape index (κ3) is 2.44. The fourth-order valence-corrected chi connectivity index (χ4v) is 1.80. The van der Waals surface area contributed by atoms with Crippen molar-refractivity contribution in [3.8, 4) is 0 Å². The number of aliphatic carboxylic acids is 1. The molecule has 0 bridgehead atoms. The zero-order valence-corrected chi connectivity index (χ0v) is 10.0. The molecule has 4 nitrogen and oxygen atoms in total. The number of aromatic nitrogens is 1. The minimum Gasteiger partial charge on any atom is -0.479 e. The topological polar surface area (TPSA) is 70.4 Å². The van der Waals surface area contributed by atoms with E-state index in [9.17, 15) is 14.3 Å². The van der Waals surface area contributed by atoms with Crippen molar-refractivity contribution in [2.45, 2.75) is 32.3 Å². The molecule has 0 saturated heterocycles. The van der Waals surface area contributed by atoms with Crippen LogP contribution >= 0.6 is 0 Å². The fraction of sp³-hybridized carbons (Fsp3) is 0.500. The molecule has 2 atom stereocenters. The maximum Gasteiger partial charge on any atom is 0.336 e. The molecule has 2 unspecified atom stereocenters. The van der Waals surface area contributed by atoms with Gasteiger partial charge in [0.1, 0.15) is 5.82 Å². The Hall–Kier alpha value is -1.49. The van der Waals surface area contributed by atoms with Crippen LogP contribution in [-0.2, 0) is 4.79 Å². The molecule has 0 aromatic carbocycles. The van der Waals surface area contributed by atoms with Crippen LogP contribution < -0.4 is 0 Å². The predicted octanol–water partition coefficient (Wildman–Crippen LogP) is 1.80. The summed E-state index contributed by atoms with van der Waals surface area (Å²) in [5, 5.41) is 19.4. The average Bonchev–Trinajstić information content (AvgIpc) is 2.27. The van der Waals surface area contributed by atoms with Gasteiger partial charge in [-0.2, -0.15) is 0 Å². The second-order valence-corrected chi connectivity index (χ2v) is 4.41. The number of carboxylic acid groups (broad SMARTS) is 1. The first-order chi connectivity index (χ1) is 7.80. The standard InChI is InChI=1S/C12H16FNO3/c1-7(2)12(17,11(15)16)8(3)10-5-4-9(13)6-14-10/h4-8,17H,1-3H3,(H,15,16). The molecule has 0 aliphatic heterocycles. The van der Waals surface area contributed by atoms with E-state index < -0.39 is 29.2 Å². The van der Waals surface area contributed by atoms with Gasteiger partial charge in [-0.15, -0.1) is 0 Å². The molecule has 0 spiro atoms. The summed E-state index contributed by atoms with van der Waals surface area (Å²) in [5.74, 6) is -3.00. The highest BCUT2D eigenvalue weighted by molar-refractivity contribution is 5.78. The molecule has 0 fully saturated rings. The van der Waals surface area contributed by atoms with E-state index in [4.69, 9.17) is 5.11 Å². The smallest absolute Gasteiger partial charge is 0.336 e. The highest BCUT2D eigenvalue weighted by Gasteiger charge is 2.45. The number of aliphatic hydroxyl groups is 1. The number of nitrogens with zero attached hydrogens (tertiary/aromatic N) is 1. The van der Waals surface area contributed by atoms with Crippen molar-refractivity contribution < 1.29 is 19.4 Å². The van der Waals surface area contributed by atoms with Gasteiger partial charge in [0.25, 0.3) is 0 Å². The Morgan fingerprint density at radius 3 is 2.35 bits per heavy atom. The Morgan fingerprint density at radius 2 is 2.00 bits per heavy atom. The van der Waals surface area contributed by atoms with Gasteiger partial charge in [0.05, 0.1) is 6.20 Å². The van der Waals surface area contributed by atoms with Crippen molar-refractivity contribution in [1.82, 2.24) is 4.98 Å². The van der Waals surface area contributed by atoms with Crippen LogP contribution in [0.25, 0.3) is 0 Å². The van der Waals surface area contributed by atoms with Crippen LogP contribution in [0.3, 0.4) is 0 Å². The monoisotopic (exact) mass is 241 g/mol. The van der Waals surface area contributed by atoms with E-state index in [-0.39, 0.29) is 0 Å². The summed E-state index contributed by atoms with van der Waals surface area (Å²) in [6.45, 7) is 4.80. The van der Waals surface area contributed by atoms with Crippen molar-refractivity contribution in [2.75, 3.05) is 0 Å². The molecular weight excluding hydrogens is 225 g/mol. The third-order valence-electron chi connectivity index (χ3n) is 3.08. The van der Waals surface area contributed by atoms with Crippen LogP contribution in [0.5, 0.6) is 0 Å². The fourth-order valence-electron chi connectivity index (χ4n) is 1.80. The van der Waals surface area contributed by atoms with E-state index in [0.29, 0.717) is 5.69 Å². The van der Waals surface area contributed by atoms with E-state index in [1.165, 1.54) is 12.1 Å². The van der Waals surface area contributed by atoms with Gasteiger partial charge in [0, 0.05) is 11.6 Å². The van der Waals surface area contributed by atoms with Crippen molar-refractivity contribution >= 4 is 5.97 Å². The van der Waals surface area contributed by atoms with E-state index in [0.717, 1.165) is 6.20 Å². The van der Waals surface area contributed by atoms with Gasteiger partial charge < -0.3 is 10.2 Å². The van der Waals surface area contributed by atoms with Crippen molar-refractivity contribution in [1.29, 1.82) is 0 Å². The lowest BCUT2D eigenvalue weighted by atomic mass is 9.77. The first kappa shape index (κ1) is 13.6. The molecular formula is C12H16FNO3. The average molecular weight is 241 g/mol. The number of hydrogen-bond acceptors (Lipinski definition) is 3. The van der Waals surface area contributed by atoms with Gasteiger partial charge in [-0.05, 0) is 18.1 Å². The van der Waals surface area contributed by atoms with Gasteiger partial charge in [0.2, 0.25) is 0 Å². The van der Waals surface area contributed by atoms with Gasteiger partial charge in [-0.25, -0.2) is 9.18 Å². The molecule has 0 aliphatic rings. The maximum atomic E-state index is 12.7. The first-order valence-electron chi connectivity index (χ1n) is 5.37. The molecule has 0 aliphatic carbocycles. The van der Waals surface area contributed by atoms with E-state index in [2.05, 4.69) is 4.98 Å². The number of halogens is 1. The van der Waals surface area contributed by atoms with Gasteiger partial charge >= 0.3 is 5.97 Å². The SMILES string of the molecule is CC(C)C(O)(C(=O)O)C(C)c1ccc(F)cn1. The van der Waals surface area contributed by atoms with Crippen molar-refractivity contribution in [3.63, 3.8) is 0 Å². The molecule has 1 rings (SSSR count). The molecule has 1 heterocycles. The molecule has 1 aromatic heterocycles.